The Kier molecular flexibility index (Phi) is 3.02. The van der Waals surface area contributed by atoms with E-state index in [-0.39, 0.29) is 6.54 Å². The van der Waals surface area contributed by atoms with Gasteiger partial charge in [-0.05, 0) is 30.3 Å². The van der Waals surface area contributed by atoms with Crippen molar-refractivity contribution in [1.29, 1.82) is 0 Å². The third kappa shape index (κ3) is 2.18. The Morgan fingerprint density at radius 3 is 2.60 bits per heavy atom. The Morgan fingerprint density at radius 2 is 1.80 bits per heavy atom. The highest BCUT2D eigenvalue weighted by Gasteiger charge is 2.18. The summed E-state index contributed by atoms with van der Waals surface area (Å²) in [6.45, 7) is 0.153. The SMILES string of the molecule is NC1=Nc2ccc(F)cc2C(c2ccccc2F)=NC1. The van der Waals surface area contributed by atoms with E-state index in [1.165, 1.54) is 24.3 Å². The van der Waals surface area contributed by atoms with Crippen LogP contribution in [0.4, 0.5) is 14.5 Å². The molecule has 0 bridgehead atoms. The minimum Gasteiger partial charge on any atom is -0.386 e. The molecule has 0 fully saturated rings. The van der Waals surface area contributed by atoms with Gasteiger partial charge in [-0.3, -0.25) is 4.99 Å². The average molecular weight is 271 g/mol. The highest BCUT2D eigenvalue weighted by molar-refractivity contribution is 6.17. The van der Waals surface area contributed by atoms with Crippen molar-refractivity contribution in [1.82, 2.24) is 0 Å². The molecule has 0 unspecified atom stereocenters. The molecule has 1 aliphatic heterocycles. The van der Waals surface area contributed by atoms with Crippen LogP contribution in [0.25, 0.3) is 0 Å². The lowest BCUT2D eigenvalue weighted by atomic mass is 10.00. The van der Waals surface area contributed by atoms with E-state index in [1.54, 1.807) is 18.2 Å². The van der Waals surface area contributed by atoms with Crippen molar-refractivity contribution in [2.75, 3.05) is 6.54 Å². The van der Waals surface area contributed by atoms with Crippen molar-refractivity contribution in [2.24, 2.45) is 15.7 Å². The molecule has 2 aromatic rings. The van der Waals surface area contributed by atoms with Gasteiger partial charge in [0.05, 0.1) is 17.9 Å². The molecule has 0 saturated heterocycles. The Morgan fingerprint density at radius 1 is 1.00 bits per heavy atom. The lowest BCUT2D eigenvalue weighted by molar-refractivity contribution is 0.624. The van der Waals surface area contributed by atoms with Gasteiger partial charge in [-0.1, -0.05) is 12.1 Å². The maximum Gasteiger partial charge on any atom is 0.132 e. The Balaban J connectivity index is 2.24. The summed E-state index contributed by atoms with van der Waals surface area (Å²) in [6.07, 6.45) is 0. The van der Waals surface area contributed by atoms with Gasteiger partial charge in [0.2, 0.25) is 0 Å². The van der Waals surface area contributed by atoms with Gasteiger partial charge in [0.25, 0.3) is 0 Å². The van der Waals surface area contributed by atoms with E-state index < -0.39 is 11.6 Å². The Bertz CT molecular complexity index is 736. The second-order valence-corrected chi connectivity index (χ2v) is 4.41. The lowest BCUT2D eigenvalue weighted by Gasteiger charge is -2.09. The fourth-order valence-electron chi connectivity index (χ4n) is 2.11. The maximum absolute atomic E-state index is 14.0. The van der Waals surface area contributed by atoms with E-state index in [0.717, 1.165) is 0 Å². The van der Waals surface area contributed by atoms with E-state index in [1.807, 2.05) is 0 Å². The topological polar surface area (TPSA) is 50.7 Å². The van der Waals surface area contributed by atoms with Crippen molar-refractivity contribution in [3.63, 3.8) is 0 Å². The van der Waals surface area contributed by atoms with Crippen LogP contribution in [0, 0.1) is 11.6 Å². The molecule has 1 heterocycles. The van der Waals surface area contributed by atoms with Crippen LogP contribution < -0.4 is 5.73 Å². The van der Waals surface area contributed by atoms with Gasteiger partial charge in [0, 0.05) is 11.1 Å². The molecule has 3 rings (SSSR count). The summed E-state index contributed by atoms with van der Waals surface area (Å²) in [5.74, 6) is -0.533. The number of halogens is 2. The first kappa shape index (κ1) is 12.5. The largest absolute Gasteiger partial charge is 0.386 e. The molecule has 20 heavy (non-hydrogen) atoms. The molecule has 100 valence electrons. The van der Waals surface area contributed by atoms with Crippen molar-refractivity contribution in [3.05, 3.63) is 65.2 Å². The molecule has 0 aromatic heterocycles. The van der Waals surface area contributed by atoms with Crippen LogP contribution in [0.1, 0.15) is 11.1 Å². The van der Waals surface area contributed by atoms with Crippen LogP contribution in [0.5, 0.6) is 0 Å². The number of aliphatic imine (C=N–C) groups is 2. The average Bonchev–Trinajstić information content (AvgIpc) is 2.58. The molecule has 5 heteroatoms. The molecular formula is C15H11F2N3. The van der Waals surface area contributed by atoms with Gasteiger partial charge in [0.1, 0.15) is 17.5 Å². The van der Waals surface area contributed by atoms with Crippen molar-refractivity contribution < 1.29 is 8.78 Å². The number of nitrogens with zero attached hydrogens (tertiary/aromatic N) is 2. The predicted octanol–water partition coefficient (Wildman–Crippen LogP) is 2.80. The fourth-order valence-corrected chi connectivity index (χ4v) is 2.11. The number of benzene rings is 2. The van der Waals surface area contributed by atoms with E-state index in [2.05, 4.69) is 9.98 Å². The monoisotopic (exact) mass is 271 g/mol. The van der Waals surface area contributed by atoms with Crippen LogP contribution in [0.3, 0.4) is 0 Å². The first-order valence-electron chi connectivity index (χ1n) is 6.07. The fraction of sp³-hybridized carbons (Fsp3) is 0.0667. The van der Waals surface area contributed by atoms with Crippen LogP contribution >= 0.6 is 0 Å². The summed E-state index contributed by atoms with van der Waals surface area (Å²) in [6, 6.07) is 10.3. The molecular weight excluding hydrogens is 260 g/mol. The van der Waals surface area contributed by atoms with Gasteiger partial charge in [-0.15, -0.1) is 0 Å². The second kappa shape index (κ2) is 4.85. The molecule has 0 atom stereocenters. The lowest BCUT2D eigenvalue weighted by Crippen LogP contribution is -2.15. The zero-order valence-corrected chi connectivity index (χ0v) is 10.5. The predicted molar refractivity (Wildman–Crippen MR) is 74.6 cm³/mol. The molecule has 2 N–H and O–H groups in total. The number of hydrogen-bond donors (Lipinski definition) is 1. The Hall–Kier alpha value is -2.56. The molecule has 0 spiro atoms. The number of fused-ring (bicyclic) bond motifs is 1. The molecule has 0 aliphatic carbocycles. The first-order chi connectivity index (χ1) is 9.65. The molecule has 2 aromatic carbocycles. The third-order valence-electron chi connectivity index (χ3n) is 3.01. The summed E-state index contributed by atoms with van der Waals surface area (Å²) < 4.78 is 27.4. The van der Waals surface area contributed by atoms with Crippen LogP contribution in [-0.2, 0) is 0 Å². The van der Waals surface area contributed by atoms with E-state index in [9.17, 15) is 8.78 Å². The Labute approximate surface area is 114 Å². The van der Waals surface area contributed by atoms with Gasteiger partial charge < -0.3 is 5.73 Å². The van der Waals surface area contributed by atoms with Crippen LogP contribution in [-0.4, -0.2) is 18.1 Å². The van der Waals surface area contributed by atoms with Gasteiger partial charge >= 0.3 is 0 Å². The molecule has 0 radical (unpaired) electrons. The zero-order chi connectivity index (χ0) is 14.1. The molecule has 1 aliphatic rings. The molecule has 3 nitrogen and oxygen atoms in total. The van der Waals surface area contributed by atoms with Gasteiger partial charge in [-0.2, -0.15) is 0 Å². The van der Waals surface area contributed by atoms with E-state index in [0.29, 0.717) is 28.4 Å². The standard InChI is InChI=1S/C15H11F2N3/c16-9-5-6-13-11(7-9)15(19-8-14(18)20-13)10-3-1-2-4-12(10)17/h1-7H,8H2,(H2,18,20). The van der Waals surface area contributed by atoms with Crippen molar-refractivity contribution >= 4 is 17.2 Å². The first-order valence-corrected chi connectivity index (χ1v) is 6.07. The number of nitrogens with two attached hydrogens (primary N) is 1. The van der Waals surface area contributed by atoms with Crippen LogP contribution in [0.2, 0.25) is 0 Å². The normalized spacial score (nSPS) is 14.1. The summed E-state index contributed by atoms with van der Waals surface area (Å²) in [5, 5.41) is 0. The van der Waals surface area contributed by atoms with Crippen LogP contribution in [0.15, 0.2) is 52.4 Å². The number of amidine groups is 1. The summed E-state index contributed by atoms with van der Waals surface area (Å²) in [5.41, 5.74) is 7.32. The maximum atomic E-state index is 14.0. The highest BCUT2D eigenvalue weighted by Crippen LogP contribution is 2.26. The second-order valence-electron chi connectivity index (χ2n) is 4.41. The minimum absolute atomic E-state index is 0.153. The van der Waals surface area contributed by atoms with Gasteiger partial charge in [-0.25, -0.2) is 13.8 Å². The van der Waals surface area contributed by atoms with E-state index >= 15 is 0 Å². The zero-order valence-electron chi connectivity index (χ0n) is 10.5. The quantitative estimate of drug-likeness (QED) is 0.852. The summed E-state index contributed by atoms with van der Waals surface area (Å²) >= 11 is 0. The van der Waals surface area contributed by atoms with Gasteiger partial charge in [0.15, 0.2) is 0 Å². The molecule has 0 amide bonds. The number of hydrogen-bond acceptors (Lipinski definition) is 3. The minimum atomic E-state index is -0.427. The van der Waals surface area contributed by atoms with Crippen molar-refractivity contribution in [3.8, 4) is 0 Å². The smallest absolute Gasteiger partial charge is 0.132 e. The molecule has 0 saturated carbocycles. The third-order valence-corrected chi connectivity index (χ3v) is 3.01. The van der Waals surface area contributed by atoms with Crippen molar-refractivity contribution in [2.45, 2.75) is 0 Å². The highest BCUT2D eigenvalue weighted by atomic mass is 19.1. The summed E-state index contributed by atoms with van der Waals surface area (Å²) in [7, 11) is 0. The summed E-state index contributed by atoms with van der Waals surface area (Å²) in [4.78, 5) is 8.45. The van der Waals surface area contributed by atoms with E-state index in [4.69, 9.17) is 5.73 Å². The number of rotatable bonds is 1.